The van der Waals surface area contributed by atoms with Gasteiger partial charge >= 0.3 is 5.97 Å². The van der Waals surface area contributed by atoms with Crippen molar-refractivity contribution in [2.45, 2.75) is 25.6 Å². The molecule has 5 aromatic rings. The van der Waals surface area contributed by atoms with Crippen LogP contribution in [0.4, 0.5) is 0 Å². The van der Waals surface area contributed by atoms with Crippen LogP contribution < -0.4 is 4.74 Å². The smallest absolute Gasteiger partial charge is 0.311 e. The first kappa shape index (κ1) is 36.9. The second-order valence-electron chi connectivity index (χ2n) is 12.0. The molecule has 4 atom stereocenters. The molecule has 4 aromatic carbocycles. The Labute approximate surface area is 310 Å². The van der Waals surface area contributed by atoms with Gasteiger partial charge in [0.25, 0.3) is 0 Å². The Balaban J connectivity index is 0.000000200. The molecule has 1 aromatic heterocycles. The van der Waals surface area contributed by atoms with Gasteiger partial charge < -0.3 is 14.6 Å². The molecule has 50 heavy (non-hydrogen) atoms. The molecular weight excluding hydrogens is 716 g/mol. The molecule has 1 aliphatic rings. The van der Waals surface area contributed by atoms with E-state index in [0.29, 0.717) is 43.8 Å². The molecule has 11 heteroatoms. The molecule has 0 amide bonds. The number of carbonyl (C=O) groups excluding carboxylic acids is 1. The summed E-state index contributed by atoms with van der Waals surface area (Å²) in [6, 6.07) is 32.4. The van der Waals surface area contributed by atoms with Gasteiger partial charge in [0.15, 0.2) is 0 Å². The van der Waals surface area contributed by atoms with Crippen LogP contribution in [0.25, 0.3) is 0 Å². The fraction of sp³-hybridized carbons (Fsp3) is 0.179. The minimum atomic E-state index is -1.45. The first-order valence-corrected chi connectivity index (χ1v) is 16.9. The van der Waals surface area contributed by atoms with E-state index in [9.17, 15) is 15.2 Å². The summed E-state index contributed by atoms with van der Waals surface area (Å²) in [6.07, 6.45) is 5.18. The van der Waals surface area contributed by atoms with Gasteiger partial charge in [0.1, 0.15) is 34.0 Å². The summed E-state index contributed by atoms with van der Waals surface area (Å²) in [5.41, 5.74) is 0.512. The van der Waals surface area contributed by atoms with E-state index in [-0.39, 0.29) is 21.7 Å². The Kier molecular flexibility index (Phi) is 11.8. The lowest BCUT2D eigenvalue weighted by atomic mass is 9.81. The molecule has 0 saturated heterocycles. The molecule has 254 valence electrons. The summed E-state index contributed by atoms with van der Waals surface area (Å²) in [5.74, 6) is 0.289. The van der Waals surface area contributed by atoms with E-state index in [2.05, 4.69) is 9.97 Å². The van der Waals surface area contributed by atoms with Crippen molar-refractivity contribution in [3.63, 3.8) is 0 Å². The average Bonchev–Trinajstić information content (AvgIpc) is 3.66. The molecule has 1 fully saturated rings. The lowest BCUT2D eigenvalue weighted by Crippen LogP contribution is -2.29. The minimum Gasteiger partial charge on any atom is -0.457 e. The third kappa shape index (κ3) is 8.47. The van der Waals surface area contributed by atoms with Crippen LogP contribution in [-0.2, 0) is 15.1 Å². The number of aliphatic hydroxyl groups is 1. The van der Waals surface area contributed by atoms with Gasteiger partial charge in [-0.1, -0.05) is 121 Å². The Morgan fingerprint density at radius 2 is 1.54 bits per heavy atom. The van der Waals surface area contributed by atoms with Crippen molar-refractivity contribution >= 4 is 52.4 Å². The molecule has 0 radical (unpaired) electrons. The lowest BCUT2D eigenvalue weighted by molar-refractivity contribution is -0.149. The monoisotopic (exact) mass is 745 g/mol. The van der Waals surface area contributed by atoms with Crippen molar-refractivity contribution in [2.75, 3.05) is 0 Å². The predicted molar refractivity (Wildman–Crippen MR) is 195 cm³/mol. The summed E-state index contributed by atoms with van der Waals surface area (Å²) in [7, 11) is 0. The van der Waals surface area contributed by atoms with Gasteiger partial charge in [-0.05, 0) is 65.4 Å². The van der Waals surface area contributed by atoms with Crippen LogP contribution in [0.5, 0.6) is 11.5 Å². The summed E-state index contributed by atoms with van der Waals surface area (Å²) in [5, 5.41) is 22.1. The molecule has 7 nitrogen and oxygen atoms in total. The second-order valence-corrected chi connectivity index (χ2v) is 13.9. The van der Waals surface area contributed by atoms with Crippen LogP contribution >= 0.6 is 46.4 Å². The zero-order valence-corrected chi connectivity index (χ0v) is 29.9. The van der Waals surface area contributed by atoms with Gasteiger partial charge in [-0.2, -0.15) is 5.26 Å². The summed E-state index contributed by atoms with van der Waals surface area (Å²) in [6.45, 7) is 3.87. The molecule has 0 aliphatic heterocycles. The van der Waals surface area contributed by atoms with Crippen LogP contribution in [0.1, 0.15) is 42.2 Å². The first-order valence-electron chi connectivity index (χ1n) is 15.4. The number of nitriles is 1. The third-order valence-corrected chi connectivity index (χ3v) is 9.30. The number of rotatable bonds is 9. The SMILES string of the molecule is CC1(C)C(C=C(Cl)Cl)C1C(=O)OC(C#N)c1cccc(Oc2ccccc2)c1.OC(c1ccc(Cl)cc1)(c1cncnc1)c1ccccc1Cl. The molecule has 0 spiro atoms. The van der Waals surface area contributed by atoms with Crippen LogP contribution in [0.3, 0.4) is 0 Å². The van der Waals surface area contributed by atoms with Crippen molar-refractivity contribution in [3.8, 4) is 17.6 Å². The van der Waals surface area contributed by atoms with Gasteiger partial charge in [-0.15, -0.1) is 0 Å². The Bertz CT molecular complexity index is 2000. The highest BCUT2D eigenvalue weighted by Crippen LogP contribution is 2.60. The highest BCUT2D eigenvalue weighted by Gasteiger charge is 2.62. The number of benzene rings is 4. The summed E-state index contributed by atoms with van der Waals surface area (Å²) < 4.78 is 11.4. The molecule has 4 unspecified atom stereocenters. The molecule has 1 N–H and O–H groups in total. The summed E-state index contributed by atoms with van der Waals surface area (Å²) in [4.78, 5) is 20.6. The maximum atomic E-state index is 12.6. The summed E-state index contributed by atoms with van der Waals surface area (Å²) >= 11 is 23.7. The number of aromatic nitrogens is 2. The minimum absolute atomic E-state index is 0.114. The van der Waals surface area contributed by atoms with Gasteiger partial charge in [0, 0.05) is 39.1 Å². The fourth-order valence-corrected chi connectivity index (χ4v) is 6.38. The molecule has 1 aliphatic carbocycles. The Hall–Kier alpha value is -4.42. The van der Waals surface area contributed by atoms with E-state index >= 15 is 0 Å². The van der Waals surface area contributed by atoms with Crippen molar-refractivity contribution in [1.82, 2.24) is 9.97 Å². The molecule has 1 heterocycles. The van der Waals surface area contributed by atoms with Gasteiger partial charge in [-0.3, -0.25) is 4.79 Å². The third-order valence-electron chi connectivity index (χ3n) is 8.47. The van der Waals surface area contributed by atoms with Crippen LogP contribution in [-0.4, -0.2) is 21.0 Å². The van der Waals surface area contributed by atoms with Gasteiger partial charge in [0.2, 0.25) is 6.10 Å². The van der Waals surface area contributed by atoms with Crippen LogP contribution in [0.15, 0.2) is 132 Å². The van der Waals surface area contributed by atoms with Gasteiger partial charge in [-0.25, -0.2) is 9.97 Å². The van der Waals surface area contributed by atoms with E-state index in [1.807, 2.05) is 62.4 Å². The standard InChI is InChI=1S/C22H19Cl2NO3.C17H12Cl2N2O/c1-22(2)17(12-19(23)24)20(22)21(26)28-18(13-25)14-7-6-10-16(11-14)27-15-8-4-3-5-9-15;18-14-7-5-12(6-8-14)17(22,13-9-20-11-21-10-13)15-3-1-2-4-16(15)19/h3-12,17-18,20H,1-2H3;1-11,22H. The molecule has 0 bridgehead atoms. The predicted octanol–water partition coefficient (Wildman–Crippen LogP) is 10.2. The quantitative estimate of drug-likeness (QED) is 0.150. The number of halogens is 4. The fourth-order valence-electron chi connectivity index (χ4n) is 5.71. The number of hydrogen-bond acceptors (Lipinski definition) is 7. The Morgan fingerprint density at radius 1 is 0.900 bits per heavy atom. The topological polar surface area (TPSA) is 105 Å². The van der Waals surface area contributed by atoms with Crippen LogP contribution in [0, 0.1) is 28.6 Å². The van der Waals surface area contributed by atoms with Gasteiger partial charge in [0.05, 0.1) is 5.92 Å². The average molecular weight is 748 g/mol. The van der Waals surface area contributed by atoms with Crippen LogP contribution in [0.2, 0.25) is 10.0 Å². The highest BCUT2D eigenvalue weighted by atomic mass is 35.5. The number of carbonyl (C=O) groups is 1. The number of allylic oxidation sites excluding steroid dienone is 1. The maximum Gasteiger partial charge on any atom is 0.311 e. The van der Waals surface area contributed by atoms with Crippen molar-refractivity contribution in [2.24, 2.45) is 17.3 Å². The molecule has 6 rings (SSSR count). The zero-order chi connectivity index (χ0) is 35.9. The second kappa shape index (κ2) is 16.1. The normalized spacial score (nSPS) is 17.4. The Morgan fingerprint density at radius 3 is 2.18 bits per heavy atom. The van der Waals surface area contributed by atoms with E-state index in [4.69, 9.17) is 55.9 Å². The van der Waals surface area contributed by atoms with E-state index in [1.165, 1.54) is 6.33 Å². The largest absolute Gasteiger partial charge is 0.457 e. The number of esters is 1. The van der Waals surface area contributed by atoms with E-state index in [0.717, 1.165) is 0 Å². The maximum absolute atomic E-state index is 12.6. The lowest BCUT2D eigenvalue weighted by Gasteiger charge is -2.30. The number of nitrogens with zero attached hydrogens (tertiary/aromatic N) is 3. The number of hydrogen-bond donors (Lipinski definition) is 1. The van der Waals surface area contributed by atoms with Crippen molar-refractivity contribution in [3.05, 3.63) is 165 Å². The van der Waals surface area contributed by atoms with Crippen molar-refractivity contribution < 1.29 is 19.4 Å². The van der Waals surface area contributed by atoms with E-state index < -0.39 is 17.7 Å². The van der Waals surface area contributed by atoms with Crippen molar-refractivity contribution in [1.29, 1.82) is 5.26 Å². The number of para-hydroxylation sites is 1. The molecule has 1 saturated carbocycles. The first-order chi connectivity index (χ1) is 23.9. The molecular formula is C39H31Cl4N3O4. The highest BCUT2D eigenvalue weighted by molar-refractivity contribution is 6.55. The zero-order valence-electron chi connectivity index (χ0n) is 26.9. The van der Waals surface area contributed by atoms with E-state index in [1.54, 1.807) is 79.1 Å². The number of ether oxygens (including phenoxy) is 2.